The third-order valence-electron chi connectivity index (χ3n) is 5.79. The van der Waals surface area contributed by atoms with E-state index < -0.39 is 0 Å². The predicted molar refractivity (Wildman–Crippen MR) is 164 cm³/mol. The van der Waals surface area contributed by atoms with E-state index in [1.165, 1.54) is 68.2 Å². The normalized spacial score (nSPS) is 12.8. The summed E-state index contributed by atoms with van der Waals surface area (Å²) in [4.78, 5) is 8.02. The molecule has 0 fully saturated rings. The van der Waals surface area contributed by atoms with E-state index in [0.29, 0.717) is 0 Å². The van der Waals surface area contributed by atoms with Crippen LogP contribution in [-0.4, -0.2) is 0 Å². The second-order valence-corrected chi connectivity index (χ2v) is 15.3. The summed E-state index contributed by atoms with van der Waals surface area (Å²) in [5.41, 5.74) is 0. The Hall–Kier alpha value is -2.06. The van der Waals surface area contributed by atoms with E-state index in [1.54, 1.807) is 0 Å². The molecule has 0 bridgehead atoms. The van der Waals surface area contributed by atoms with Gasteiger partial charge in [-0.2, -0.15) is 0 Å². The maximum Gasteiger partial charge on any atom is 0.0536 e. The maximum absolute atomic E-state index is 2.43. The predicted octanol–water partition coefficient (Wildman–Crippen LogP) is 11.6. The Kier molecular flexibility index (Phi) is 5.16. The molecular weight excluding hydrogens is 529 g/mol. The minimum atomic E-state index is 1.32. The molecule has 7 aromatic rings. The van der Waals surface area contributed by atoms with E-state index >= 15 is 0 Å². The molecule has 0 saturated carbocycles. The molecule has 0 nitrogen and oxygen atoms in total. The number of hydrogen-bond acceptors (Lipinski definition) is 6. The molecule has 0 aliphatic heterocycles. The van der Waals surface area contributed by atoms with Crippen molar-refractivity contribution in [3.8, 4) is 0 Å². The molecule has 0 N–H and O–H groups in total. The summed E-state index contributed by atoms with van der Waals surface area (Å²) in [5, 5.41) is 2.82. The number of fused-ring (bicyclic) bond motifs is 6. The maximum atomic E-state index is 2.43. The lowest BCUT2D eigenvalue weighted by Crippen LogP contribution is -1.64. The van der Waals surface area contributed by atoms with Crippen LogP contribution in [0.25, 0.3) is 63.3 Å². The molecule has 0 radical (unpaired) electrons. The number of hydrogen-bond donors (Lipinski definition) is 0. The molecule has 6 heterocycles. The van der Waals surface area contributed by atoms with Crippen LogP contribution in [0.2, 0.25) is 0 Å². The topological polar surface area (TPSA) is 0 Å². The summed E-state index contributed by atoms with van der Waals surface area (Å²) in [6.07, 6.45) is 9.01. The van der Waals surface area contributed by atoms with Crippen molar-refractivity contribution < 1.29 is 0 Å². The third kappa shape index (κ3) is 3.73. The second-order valence-electron chi connectivity index (χ2n) is 8.30. The summed E-state index contributed by atoms with van der Waals surface area (Å²) in [7, 11) is 0. The van der Waals surface area contributed by atoms with Crippen LogP contribution in [-0.2, 0) is 0 Å². The Labute approximate surface area is 221 Å². The van der Waals surface area contributed by atoms with Crippen molar-refractivity contribution in [1.82, 2.24) is 0 Å². The lowest BCUT2D eigenvalue weighted by atomic mass is 10.2. The van der Waals surface area contributed by atoms with Crippen LogP contribution in [0.4, 0.5) is 0 Å². The minimum Gasteiger partial charge on any atom is -0.141 e. The molecule has 0 saturated heterocycles. The monoisotopic (exact) mass is 546 g/mol. The number of thiophene rings is 6. The zero-order chi connectivity index (χ0) is 22.8. The van der Waals surface area contributed by atoms with Crippen molar-refractivity contribution in [1.29, 1.82) is 0 Å². The van der Waals surface area contributed by atoms with Crippen LogP contribution in [0.3, 0.4) is 0 Å². The highest BCUT2D eigenvalue weighted by atomic mass is 32.1. The van der Waals surface area contributed by atoms with Gasteiger partial charge < -0.3 is 0 Å². The lowest BCUT2D eigenvalue weighted by molar-refractivity contribution is 1.64. The van der Waals surface area contributed by atoms with E-state index in [-0.39, 0.29) is 0 Å². The fraction of sp³-hybridized carbons (Fsp3) is 0.0714. The van der Waals surface area contributed by atoms with Gasteiger partial charge in [0.05, 0.1) is 9.40 Å². The van der Waals surface area contributed by atoms with Gasteiger partial charge in [0.15, 0.2) is 0 Å². The van der Waals surface area contributed by atoms with Crippen molar-refractivity contribution >= 4 is 131 Å². The fourth-order valence-corrected chi connectivity index (χ4v) is 10.7. The molecule has 0 unspecified atom stereocenters. The minimum absolute atomic E-state index is 1.32. The van der Waals surface area contributed by atoms with E-state index in [2.05, 4.69) is 86.7 Å². The molecule has 6 heteroatoms. The highest BCUT2D eigenvalue weighted by Crippen LogP contribution is 2.46. The standard InChI is InChI=1S/C28H18S6/c1-15-3-5-17(29-15)7-9-19-11-25-27(31-19)21-13-24-22(14-23(21)33-25)28-26(34-24)12-20(32-28)10-8-18-6-4-16(2)30-18/h3-14H,1-2H3/b9-7+,10-8+. The van der Waals surface area contributed by atoms with E-state index in [4.69, 9.17) is 0 Å². The summed E-state index contributed by atoms with van der Waals surface area (Å²) < 4.78 is 8.45. The van der Waals surface area contributed by atoms with Crippen LogP contribution >= 0.6 is 68.0 Å². The molecule has 0 aliphatic carbocycles. The summed E-state index contributed by atoms with van der Waals surface area (Å²) in [6, 6.07) is 18.3. The molecule has 0 spiro atoms. The first-order chi connectivity index (χ1) is 16.6. The molecule has 7 rings (SSSR count). The average Bonchev–Trinajstić information content (AvgIpc) is 3.62. The molecule has 6 aromatic heterocycles. The van der Waals surface area contributed by atoms with Gasteiger partial charge >= 0.3 is 0 Å². The number of rotatable bonds is 4. The first-order valence-corrected chi connectivity index (χ1v) is 15.8. The van der Waals surface area contributed by atoms with Crippen LogP contribution in [0, 0.1) is 13.8 Å². The average molecular weight is 547 g/mol. The zero-order valence-electron chi connectivity index (χ0n) is 18.4. The van der Waals surface area contributed by atoms with Crippen LogP contribution < -0.4 is 0 Å². The molecule has 0 aliphatic rings. The van der Waals surface area contributed by atoms with Crippen LogP contribution in [0.5, 0.6) is 0 Å². The van der Waals surface area contributed by atoms with Gasteiger partial charge in [-0.3, -0.25) is 0 Å². The lowest BCUT2D eigenvalue weighted by Gasteiger charge is -1.93. The Morgan fingerprint density at radius 3 is 1.29 bits per heavy atom. The first-order valence-electron chi connectivity index (χ1n) is 10.9. The Bertz CT molecular complexity index is 1750. The van der Waals surface area contributed by atoms with Crippen molar-refractivity contribution in [2.45, 2.75) is 13.8 Å². The highest BCUT2D eigenvalue weighted by molar-refractivity contribution is 7.34. The van der Waals surface area contributed by atoms with Crippen molar-refractivity contribution in [2.75, 3.05) is 0 Å². The third-order valence-corrected chi connectivity index (χ3v) is 12.4. The van der Waals surface area contributed by atoms with Crippen LogP contribution in [0.1, 0.15) is 29.3 Å². The summed E-state index contributed by atoms with van der Waals surface area (Å²) in [5.74, 6) is 0. The van der Waals surface area contributed by atoms with Gasteiger partial charge in [0.2, 0.25) is 0 Å². The summed E-state index contributed by atoms with van der Waals surface area (Å²) >= 11 is 11.4. The number of aryl methyl sites for hydroxylation is 2. The Morgan fingerprint density at radius 1 is 0.441 bits per heavy atom. The van der Waals surface area contributed by atoms with Gasteiger partial charge in [-0.05, 0) is 86.7 Å². The van der Waals surface area contributed by atoms with Gasteiger partial charge in [-0.25, -0.2) is 0 Å². The van der Waals surface area contributed by atoms with Gasteiger partial charge in [-0.1, -0.05) is 0 Å². The van der Waals surface area contributed by atoms with E-state index in [0.717, 1.165) is 0 Å². The number of benzene rings is 1. The summed E-state index contributed by atoms with van der Waals surface area (Å²) in [6.45, 7) is 4.32. The first kappa shape index (κ1) is 21.2. The van der Waals surface area contributed by atoms with Gasteiger partial charge in [0, 0.05) is 58.8 Å². The zero-order valence-corrected chi connectivity index (χ0v) is 23.3. The van der Waals surface area contributed by atoms with Crippen molar-refractivity contribution in [2.24, 2.45) is 0 Å². The highest BCUT2D eigenvalue weighted by Gasteiger charge is 2.14. The van der Waals surface area contributed by atoms with Crippen LogP contribution in [0.15, 0.2) is 48.5 Å². The Morgan fingerprint density at radius 2 is 0.882 bits per heavy atom. The fourth-order valence-electron chi connectivity index (χ4n) is 4.21. The van der Waals surface area contributed by atoms with E-state index in [9.17, 15) is 0 Å². The van der Waals surface area contributed by atoms with Gasteiger partial charge in [0.25, 0.3) is 0 Å². The molecule has 166 valence electrons. The quantitative estimate of drug-likeness (QED) is 0.206. The molecular formula is C28H18S6. The van der Waals surface area contributed by atoms with Crippen molar-refractivity contribution in [3.05, 3.63) is 77.8 Å². The second kappa shape index (κ2) is 8.26. The van der Waals surface area contributed by atoms with E-state index in [1.807, 2.05) is 68.0 Å². The smallest absolute Gasteiger partial charge is 0.0536 e. The molecule has 0 amide bonds. The SMILES string of the molecule is Cc1ccc(/C=C/c2cc3sc4cc5c(cc4c3s2)sc2cc(/C=C/c3ccc(C)s3)sc25)s1. The van der Waals surface area contributed by atoms with Crippen molar-refractivity contribution in [3.63, 3.8) is 0 Å². The largest absolute Gasteiger partial charge is 0.141 e. The Balaban J connectivity index is 1.26. The van der Waals surface area contributed by atoms with Gasteiger partial charge in [-0.15, -0.1) is 68.0 Å². The molecule has 0 atom stereocenters. The molecule has 1 aromatic carbocycles. The van der Waals surface area contributed by atoms with Gasteiger partial charge in [0.1, 0.15) is 0 Å². The molecule has 34 heavy (non-hydrogen) atoms.